The second-order valence-electron chi connectivity index (χ2n) is 3.58. The third-order valence-corrected chi connectivity index (χ3v) is 2.28. The molecule has 0 fully saturated rings. The summed E-state index contributed by atoms with van der Waals surface area (Å²) in [6.07, 6.45) is -5.21. The van der Waals surface area contributed by atoms with Crippen LogP contribution in [0.5, 0.6) is 0 Å². The van der Waals surface area contributed by atoms with E-state index >= 15 is 0 Å². The molecule has 0 bridgehead atoms. The molecule has 1 N–H and O–H groups in total. The Morgan fingerprint density at radius 1 is 1.25 bits per heavy atom. The fraction of sp³-hybridized carbons (Fsp3) is 0.273. The van der Waals surface area contributed by atoms with Crippen molar-refractivity contribution < 1.29 is 22.7 Å². The fourth-order valence-electron chi connectivity index (χ4n) is 1.43. The molecule has 0 aliphatic heterocycles. The summed E-state index contributed by atoms with van der Waals surface area (Å²) in [4.78, 5) is 0. The van der Waals surface area contributed by atoms with Crippen molar-refractivity contribution in [1.29, 1.82) is 0 Å². The van der Waals surface area contributed by atoms with Crippen LogP contribution in [0.3, 0.4) is 0 Å². The van der Waals surface area contributed by atoms with Gasteiger partial charge in [-0.15, -0.1) is 0 Å². The lowest BCUT2D eigenvalue weighted by molar-refractivity contribution is -0.137. The molecule has 86 valence electrons. The maximum atomic E-state index is 12.4. The normalized spacial score (nSPS) is 14.3. The standard InChI is InChI=1S/C11H9F3O2/c1-6(15)9-4-7-2-3-8(11(12,13)14)5-10(7)16-9/h2-6,15H,1H3. The van der Waals surface area contributed by atoms with Crippen LogP contribution in [0, 0.1) is 0 Å². The molecular formula is C11H9F3O2. The number of halogens is 3. The molecule has 0 saturated carbocycles. The molecule has 1 atom stereocenters. The monoisotopic (exact) mass is 230 g/mol. The zero-order valence-corrected chi connectivity index (χ0v) is 8.38. The summed E-state index contributed by atoms with van der Waals surface area (Å²) < 4.78 is 42.3. The Hall–Kier alpha value is -1.49. The molecule has 2 aromatic rings. The van der Waals surface area contributed by atoms with Crippen molar-refractivity contribution in [2.45, 2.75) is 19.2 Å². The van der Waals surface area contributed by atoms with Gasteiger partial charge in [0, 0.05) is 5.39 Å². The van der Waals surface area contributed by atoms with E-state index in [9.17, 15) is 18.3 Å². The molecule has 0 aliphatic rings. The van der Waals surface area contributed by atoms with E-state index in [1.807, 2.05) is 0 Å². The van der Waals surface area contributed by atoms with Crippen LogP contribution in [0.15, 0.2) is 28.7 Å². The van der Waals surface area contributed by atoms with Gasteiger partial charge in [-0.1, -0.05) is 6.07 Å². The predicted molar refractivity (Wildman–Crippen MR) is 51.8 cm³/mol. The fourth-order valence-corrected chi connectivity index (χ4v) is 1.43. The lowest BCUT2D eigenvalue weighted by Crippen LogP contribution is -2.03. The second kappa shape index (κ2) is 3.52. The van der Waals surface area contributed by atoms with E-state index in [4.69, 9.17) is 4.42 Å². The first-order valence-electron chi connectivity index (χ1n) is 4.66. The molecular weight excluding hydrogens is 221 g/mol. The molecule has 0 aliphatic carbocycles. The Morgan fingerprint density at radius 2 is 1.94 bits per heavy atom. The number of aliphatic hydroxyl groups excluding tert-OH is 1. The van der Waals surface area contributed by atoms with Crippen molar-refractivity contribution in [3.63, 3.8) is 0 Å². The average molecular weight is 230 g/mol. The molecule has 1 aromatic carbocycles. The Bertz CT molecular complexity index is 511. The van der Waals surface area contributed by atoms with Crippen LogP contribution in [0.1, 0.15) is 24.4 Å². The third-order valence-electron chi connectivity index (χ3n) is 2.28. The summed E-state index contributed by atoms with van der Waals surface area (Å²) in [7, 11) is 0. The number of benzene rings is 1. The highest BCUT2D eigenvalue weighted by atomic mass is 19.4. The summed E-state index contributed by atoms with van der Waals surface area (Å²) in [6.45, 7) is 1.49. The third kappa shape index (κ3) is 1.90. The highest BCUT2D eigenvalue weighted by Crippen LogP contribution is 2.33. The number of hydrogen-bond acceptors (Lipinski definition) is 2. The van der Waals surface area contributed by atoms with Crippen molar-refractivity contribution in [3.05, 3.63) is 35.6 Å². The van der Waals surface area contributed by atoms with Gasteiger partial charge in [0.1, 0.15) is 17.4 Å². The summed E-state index contributed by atoms with van der Waals surface area (Å²) in [6, 6.07) is 4.78. The van der Waals surface area contributed by atoms with Gasteiger partial charge in [-0.2, -0.15) is 13.2 Å². The number of hydrogen-bond donors (Lipinski definition) is 1. The Morgan fingerprint density at radius 3 is 2.50 bits per heavy atom. The van der Waals surface area contributed by atoms with E-state index in [-0.39, 0.29) is 11.3 Å². The first kappa shape index (κ1) is 11.0. The van der Waals surface area contributed by atoms with Gasteiger partial charge in [-0.3, -0.25) is 0 Å². The first-order chi connectivity index (χ1) is 7.38. The molecule has 1 heterocycles. The van der Waals surface area contributed by atoms with Gasteiger partial charge in [0.2, 0.25) is 0 Å². The van der Waals surface area contributed by atoms with E-state index in [0.717, 1.165) is 12.1 Å². The van der Waals surface area contributed by atoms with Crippen molar-refractivity contribution in [1.82, 2.24) is 0 Å². The van der Waals surface area contributed by atoms with Crippen molar-refractivity contribution >= 4 is 11.0 Å². The molecule has 2 rings (SSSR count). The Labute approximate surface area is 89.3 Å². The lowest BCUT2D eigenvalue weighted by Gasteiger charge is -2.05. The lowest BCUT2D eigenvalue weighted by atomic mass is 10.1. The van der Waals surface area contributed by atoms with Crippen LogP contribution in [0.4, 0.5) is 13.2 Å². The van der Waals surface area contributed by atoms with Crippen molar-refractivity contribution in [2.75, 3.05) is 0 Å². The number of aliphatic hydroxyl groups is 1. The van der Waals surface area contributed by atoms with Gasteiger partial charge in [-0.25, -0.2) is 0 Å². The summed E-state index contributed by atoms with van der Waals surface area (Å²) in [5.41, 5.74) is -0.628. The minimum absolute atomic E-state index is 0.130. The maximum absolute atomic E-state index is 12.4. The molecule has 16 heavy (non-hydrogen) atoms. The van der Waals surface area contributed by atoms with E-state index < -0.39 is 17.8 Å². The number of fused-ring (bicyclic) bond motifs is 1. The van der Waals surface area contributed by atoms with E-state index in [1.165, 1.54) is 19.1 Å². The topological polar surface area (TPSA) is 33.4 Å². The highest BCUT2D eigenvalue weighted by molar-refractivity contribution is 5.78. The van der Waals surface area contributed by atoms with Crippen LogP contribution in [0.2, 0.25) is 0 Å². The summed E-state index contributed by atoms with van der Waals surface area (Å²) in [5.74, 6) is 0.259. The van der Waals surface area contributed by atoms with Crippen LogP contribution in [-0.2, 0) is 6.18 Å². The molecule has 1 aromatic heterocycles. The molecule has 0 amide bonds. The minimum Gasteiger partial charge on any atom is -0.458 e. The van der Waals surface area contributed by atoms with Crippen LogP contribution in [0.25, 0.3) is 11.0 Å². The van der Waals surface area contributed by atoms with Crippen molar-refractivity contribution in [2.24, 2.45) is 0 Å². The van der Waals surface area contributed by atoms with Crippen LogP contribution < -0.4 is 0 Å². The quantitative estimate of drug-likeness (QED) is 0.813. The smallest absolute Gasteiger partial charge is 0.416 e. The zero-order valence-electron chi connectivity index (χ0n) is 8.38. The number of rotatable bonds is 1. The second-order valence-corrected chi connectivity index (χ2v) is 3.58. The number of furan rings is 1. The van der Waals surface area contributed by atoms with Crippen molar-refractivity contribution in [3.8, 4) is 0 Å². The molecule has 1 unspecified atom stereocenters. The molecule has 0 spiro atoms. The van der Waals surface area contributed by atoms with Crippen LogP contribution >= 0.6 is 0 Å². The van der Waals surface area contributed by atoms with E-state index in [1.54, 1.807) is 0 Å². The van der Waals surface area contributed by atoms with E-state index in [0.29, 0.717) is 5.39 Å². The summed E-state index contributed by atoms with van der Waals surface area (Å²) >= 11 is 0. The highest BCUT2D eigenvalue weighted by Gasteiger charge is 2.30. The minimum atomic E-state index is -4.38. The van der Waals surface area contributed by atoms with Gasteiger partial charge < -0.3 is 9.52 Å². The van der Waals surface area contributed by atoms with Gasteiger partial charge in [0.15, 0.2) is 0 Å². The SMILES string of the molecule is CC(O)c1cc2ccc(C(F)(F)F)cc2o1. The van der Waals surface area contributed by atoms with Gasteiger partial charge in [0.05, 0.1) is 5.56 Å². The van der Waals surface area contributed by atoms with Gasteiger partial charge in [0.25, 0.3) is 0 Å². The largest absolute Gasteiger partial charge is 0.458 e. The first-order valence-corrected chi connectivity index (χ1v) is 4.66. The Balaban J connectivity index is 2.54. The van der Waals surface area contributed by atoms with E-state index in [2.05, 4.69) is 0 Å². The van der Waals surface area contributed by atoms with Gasteiger partial charge in [-0.05, 0) is 25.1 Å². The summed E-state index contributed by atoms with van der Waals surface area (Å²) in [5, 5.41) is 9.78. The molecule has 0 saturated heterocycles. The molecule has 2 nitrogen and oxygen atoms in total. The molecule has 0 radical (unpaired) electrons. The zero-order chi connectivity index (χ0) is 11.9. The number of alkyl halides is 3. The molecule has 5 heteroatoms. The van der Waals surface area contributed by atoms with Gasteiger partial charge >= 0.3 is 6.18 Å². The van der Waals surface area contributed by atoms with Crippen LogP contribution in [-0.4, -0.2) is 5.11 Å². The predicted octanol–water partition coefficient (Wildman–Crippen LogP) is 3.50. The maximum Gasteiger partial charge on any atom is 0.416 e. The Kier molecular flexibility index (Phi) is 2.42. The average Bonchev–Trinajstić information content (AvgIpc) is 2.58.